The summed E-state index contributed by atoms with van der Waals surface area (Å²) >= 11 is 0. The number of rotatable bonds is 4. The molecule has 130 valence electrons. The van der Waals surface area contributed by atoms with Gasteiger partial charge in [0, 0.05) is 13.1 Å². The summed E-state index contributed by atoms with van der Waals surface area (Å²) in [7, 11) is -3.01. The van der Waals surface area contributed by atoms with Crippen molar-refractivity contribution >= 4 is 21.3 Å². The van der Waals surface area contributed by atoms with Gasteiger partial charge in [-0.05, 0) is 30.9 Å². The van der Waals surface area contributed by atoms with E-state index in [9.17, 15) is 13.2 Å². The second-order valence-corrected chi connectivity index (χ2v) is 9.22. The van der Waals surface area contributed by atoms with Gasteiger partial charge >= 0.3 is 0 Å². The summed E-state index contributed by atoms with van der Waals surface area (Å²) in [4.78, 5) is 14.4. The Kier molecular flexibility index (Phi) is 4.78. The average Bonchev–Trinajstić information content (AvgIpc) is 2.82. The van der Waals surface area contributed by atoms with Crippen LogP contribution in [0.25, 0.3) is 5.57 Å². The predicted octanol–water partition coefficient (Wildman–Crippen LogP) is 1.47. The molecule has 1 saturated heterocycles. The standard InChI is InChI=1S/C18H24N2O3S/c1-18(9-12-24(22,23)14-18)19-17(21)13-20-10-7-16(8-11-20)15-5-3-2-4-6-15/h2-7H,8-14H2,1H3,(H,19,21)/t18-/m0/s1. The highest BCUT2D eigenvalue weighted by atomic mass is 32.2. The number of nitrogens with one attached hydrogen (secondary N) is 1. The van der Waals surface area contributed by atoms with E-state index in [1.807, 2.05) is 25.1 Å². The molecule has 2 aliphatic heterocycles. The normalized spacial score (nSPS) is 26.8. The van der Waals surface area contributed by atoms with Crippen LogP contribution in [0, 0.1) is 0 Å². The van der Waals surface area contributed by atoms with Crippen molar-refractivity contribution < 1.29 is 13.2 Å². The van der Waals surface area contributed by atoms with Crippen LogP contribution in [0.5, 0.6) is 0 Å². The van der Waals surface area contributed by atoms with Gasteiger partial charge in [-0.3, -0.25) is 9.69 Å². The maximum Gasteiger partial charge on any atom is 0.234 e. The highest BCUT2D eigenvalue weighted by molar-refractivity contribution is 7.91. The largest absolute Gasteiger partial charge is 0.349 e. The summed E-state index contributed by atoms with van der Waals surface area (Å²) < 4.78 is 23.2. The van der Waals surface area contributed by atoms with Crippen molar-refractivity contribution in [3.8, 4) is 0 Å². The summed E-state index contributed by atoms with van der Waals surface area (Å²) in [6.07, 6.45) is 3.59. The molecule has 0 spiro atoms. The molecule has 1 aromatic carbocycles. The highest BCUT2D eigenvalue weighted by Crippen LogP contribution is 2.24. The SMILES string of the molecule is C[C@]1(NC(=O)CN2CC=C(c3ccccc3)CC2)CCS(=O)(=O)C1. The van der Waals surface area contributed by atoms with Crippen LogP contribution >= 0.6 is 0 Å². The molecular weight excluding hydrogens is 324 g/mol. The minimum atomic E-state index is -3.01. The van der Waals surface area contributed by atoms with Crippen LogP contribution in [0.4, 0.5) is 0 Å². The fourth-order valence-electron chi connectivity index (χ4n) is 3.46. The molecule has 1 fully saturated rings. The molecule has 1 N–H and O–H groups in total. The quantitative estimate of drug-likeness (QED) is 0.895. The van der Waals surface area contributed by atoms with Crippen LogP contribution in [0.1, 0.15) is 25.3 Å². The van der Waals surface area contributed by atoms with E-state index in [4.69, 9.17) is 0 Å². The first kappa shape index (κ1) is 17.2. The van der Waals surface area contributed by atoms with E-state index in [0.29, 0.717) is 13.0 Å². The van der Waals surface area contributed by atoms with E-state index in [1.165, 1.54) is 11.1 Å². The van der Waals surface area contributed by atoms with Gasteiger partial charge in [-0.1, -0.05) is 36.4 Å². The zero-order chi connectivity index (χ0) is 17.2. The maximum atomic E-state index is 12.3. The van der Waals surface area contributed by atoms with Gasteiger partial charge in [0.1, 0.15) is 0 Å². The van der Waals surface area contributed by atoms with E-state index >= 15 is 0 Å². The van der Waals surface area contributed by atoms with Crippen LogP contribution in [-0.2, 0) is 14.6 Å². The molecule has 2 aliphatic rings. The lowest BCUT2D eigenvalue weighted by Gasteiger charge is -2.29. The molecule has 1 aromatic rings. The molecule has 0 aromatic heterocycles. The monoisotopic (exact) mass is 348 g/mol. The molecule has 3 rings (SSSR count). The van der Waals surface area contributed by atoms with Gasteiger partial charge in [0.2, 0.25) is 5.91 Å². The fourth-order valence-corrected chi connectivity index (χ4v) is 5.55. The molecule has 5 nitrogen and oxygen atoms in total. The Labute approximate surface area is 143 Å². The van der Waals surface area contributed by atoms with Crippen molar-refractivity contribution in [2.75, 3.05) is 31.1 Å². The summed E-state index contributed by atoms with van der Waals surface area (Å²) in [5.41, 5.74) is 1.95. The molecule has 0 aliphatic carbocycles. The third-order valence-electron chi connectivity index (χ3n) is 4.75. The molecule has 24 heavy (non-hydrogen) atoms. The highest BCUT2D eigenvalue weighted by Gasteiger charge is 2.39. The molecule has 1 atom stereocenters. The van der Waals surface area contributed by atoms with Crippen molar-refractivity contribution in [2.24, 2.45) is 0 Å². The second kappa shape index (κ2) is 6.69. The molecule has 1 amide bonds. The minimum absolute atomic E-state index is 0.0454. The zero-order valence-corrected chi connectivity index (χ0v) is 14.8. The van der Waals surface area contributed by atoms with Crippen LogP contribution in [0.3, 0.4) is 0 Å². The molecule has 6 heteroatoms. The smallest absolute Gasteiger partial charge is 0.234 e. The zero-order valence-electron chi connectivity index (χ0n) is 14.0. The Morgan fingerprint density at radius 3 is 2.62 bits per heavy atom. The van der Waals surface area contributed by atoms with E-state index in [1.54, 1.807) is 0 Å². The van der Waals surface area contributed by atoms with Gasteiger partial charge in [0.15, 0.2) is 9.84 Å². The Balaban J connectivity index is 1.53. The molecular formula is C18H24N2O3S. The van der Waals surface area contributed by atoms with Gasteiger partial charge in [-0.25, -0.2) is 8.42 Å². The molecule has 0 unspecified atom stereocenters. The van der Waals surface area contributed by atoms with Crippen LogP contribution in [0.2, 0.25) is 0 Å². The van der Waals surface area contributed by atoms with Crippen molar-refractivity contribution in [1.82, 2.24) is 10.2 Å². The Bertz CT molecular complexity index is 743. The minimum Gasteiger partial charge on any atom is -0.349 e. The fraction of sp³-hybridized carbons (Fsp3) is 0.500. The van der Waals surface area contributed by atoms with Crippen molar-refractivity contribution in [3.63, 3.8) is 0 Å². The molecule has 2 heterocycles. The maximum absolute atomic E-state index is 12.3. The summed E-state index contributed by atoms with van der Waals surface area (Å²) in [6, 6.07) is 10.3. The first-order valence-corrected chi connectivity index (χ1v) is 10.2. The number of hydrogen-bond acceptors (Lipinski definition) is 4. The van der Waals surface area contributed by atoms with Gasteiger partial charge in [-0.15, -0.1) is 0 Å². The van der Waals surface area contributed by atoms with Gasteiger partial charge < -0.3 is 5.32 Å². The van der Waals surface area contributed by atoms with Gasteiger partial charge in [0.25, 0.3) is 0 Å². The lowest BCUT2D eigenvalue weighted by Crippen LogP contribution is -2.50. The lowest BCUT2D eigenvalue weighted by molar-refractivity contribution is -0.123. The van der Waals surface area contributed by atoms with Crippen molar-refractivity contribution in [1.29, 1.82) is 0 Å². The van der Waals surface area contributed by atoms with Crippen molar-refractivity contribution in [3.05, 3.63) is 42.0 Å². The summed E-state index contributed by atoms with van der Waals surface area (Å²) in [5.74, 6) is 0.117. The van der Waals surface area contributed by atoms with Gasteiger partial charge in [0.05, 0.1) is 23.6 Å². The second-order valence-electron chi connectivity index (χ2n) is 7.03. The lowest BCUT2D eigenvalue weighted by atomic mass is 9.99. The summed E-state index contributed by atoms with van der Waals surface area (Å²) in [6.45, 7) is 3.71. The topological polar surface area (TPSA) is 66.5 Å². The van der Waals surface area contributed by atoms with E-state index in [0.717, 1.165) is 19.5 Å². The van der Waals surface area contributed by atoms with Crippen molar-refractivity contribution in [2.45, 2.75) is 25.3 Å². The Morgan fingerprint density at radius 2 is 2.04 bits per heavy atom. The Hall–Kier alpha value is -1.66. The molecule has 0 bridgehead atoms. The number of carbonyl (C=O) groups is 1. The number of hydrogen-bond donors (Lipinski definition) is 1. The van der Waals surface area contributed by atoms with E-state index in [-0.39, 0.29) is 17.4 Å². The third kappa shape index (κ3) is 4.24. The first-order chi connectivity index (χ1) is 11.4. The number of sulfone groups is 1. The van der Waals surface area contributed by atoms with Crippen LogP contribution in [0.15, 0.2) is 36.4 Å². The van der Waals surface area contributed by atoms with Crippen LogP contribution in [-0.4, -0.2) is 55.9 Å². The third-order valence-corrected chi connectivity index (χ3v) is 6.65. The van der Waals surface area contributed by atoms with Crippen LogP contribution < -0.4 is 5.32 Å². The number of carbonyl (C=O) groups excluding carboxylic acids is 1. The van der Waals surface area contributed by atoms with Gasteiger partial charge in [-0.2, -0.15) is 0 Å². The number of amides is 1. The molecule has 0 saturated carbocycles. The summed E-state index contributed by atoms with van der Waals surface area (Å²) in [5, 5.41) is 2.92. The predicted molar refractivity (Wildman–Crippen MR) is 95.3 cm³/mol. The molecule has 0 radical (unpaired) electrons. The number of benzene rings is 1. The Morgan fingerprint density at radius 1 is 1.29 bits per heavy atom. The number of nitrogens with zero attached hydrogens (tertiary/aromatic N) is 1. The average molecular weight is 348 g/mol. The van der Waals surface area contributed by atoms with E-state index in [2.05, 4.69) is 28.4 Å². The first-order valence-electron chi connectivity index (χ1n) is 8.34. The van der Waals surface area contributed by atoms with E-state index < -0.39 is 15.4 Å².